The monoisotopic (exact) mass is 216 g/mol. The van der Waals surface area contributed by atoms with E-state index in [1.54, 1.807) is 0 Å². The van der Waals surface area contributed by atoms with E-state index in [1.165, 1.54) is 19.3 Å². The quantitative estimate of drug-likeness (QED) is 0.371. The van der Waals surface area contributed by atoms with Crippen LogP contribution >= 0.6 is 0 Å². The molecule has 0 aliphatic rings. The zero-order valence-corrected chi connectivity index (χ0v) is 9.58. The molecule has 0 amide bonds. The van der Waals surface area contributed by atoms with E-state index in [1.807, 2.05) is 0 Å². The van der Waals surface area contributed by atoms with E-state index in [4.69, 9.17) is 0 Å². The van der Waals surface area contributed by atoms with Gasteiger partial charge in [-0.15, -0.1) is 0 Å². The molecule has 0 unspecified atom stereocenters. The second-order valence-corrected chi connectivity index (χ2v) is 3.40. The minimum Gasteiger partial charge on any atom is -0.461 e. The van der Waals surface area contributed by atoms with Crippen LogP contribution in [0.3, 0.4) is 0 Å². The summed E-state index contributed by atoms with van der Waals surface area (Å²) in [7, 11) is 1.16. The number of rotatable bonds is 7. The minimum absolute atomic E-state index is 0.306. The molecule has 0 saturated heterocycles. The van der Waals surface area contributed by atoms with Crippen molar-refractivity contribution in [3.8, 4) is 0 Å². The Morgan fingerprint density at radius 1 is 0.933 bits per heavy atom. The zero-order valence-electron chi connectivity index (χ0n) is 9.58. The Labute approximate surface area is 90.9 Å². The van der Waals surface area contributed by atoms with Gasteiger partial charge in [-0.05, 0) is 6.42 Å². The summed E-state index contributed by atoms with van der Waals surface area (Å²) in [5.41, 5.74) is 0. The molecule has 88 valence electrons. The summed E-state index contributed by atoms with van der Waals surface area (Å²) >= 11 is 0. The van der Waals surface area contributed by atoms with E-state index < -0.39 is 11.9 Å². The third-order valence-electron chi connectivity index (χ3n) is 2.08. The van der Waals surface area contributed by atoms with Crippen LogP contribution in [0.2, 0.25) is 0 Å². The molecule has 0 radical (unpaired) electrons. The SMILES string of the molecule is CCCCCCCCOC(=O)C(=O)OC. The molecule has 0 aromatic rings. The molecule has 0 heterocycles. The van der Waals surface area contributed by atoms with Crippen molar-refractivity contribution in [2.45, 2.75) is 45.4 Å². The maximum absolute atomic E-state index is 10.8. The van der Waals surface area contributed by atoms with Crippen LogP contribution in [0, 0.1) is 0 Å². The molecule has 0 aromatic carbocycles. The average Bonchev–Trinajstić information content (AvgIpc) is 2.26. The number of methoxy groups -OCH3 is 1. The second kappa shape index (κ2) is 9.49. The van der Waals surface area contributed by atoms with Crippen molar-refractivity contribution in [2.24, 2.45) is 0 Å². The lowest BCUT2D eigenvalue weighted by atomic mass is 10.1. The van der Waals surface area contributed by atoms with Crippen LogP contribution in [0.25, 0.3) is 0 Å². The number of ether oxygens (including phenoxy) is 2. The summed E-state index contributed by atoms with van der Waals surface area (Å²) in [6.07, 6.45) is 6.70. The molecule has 0 aliphatic heterocycles. The average molecular weight is 216 g/mol. The summed E-state index contributed by atoms with van der Waals surface area (Å²) in [5, 5.41) is 0. The van der Waals surface area contributed by atoms with Crippen molar-refractivity contribution in [3.05, 3.63) is 0 Å². The molecule has 0 atom stereocenters. The first-order valence-corrected chi connectivity index (χ1v) is 5.47. The minimum atomic E-state index is -0.930. The van der Waals surface area contributed by atoms with Gasteiger partial charge in [0, 0.05) is 0 Å². The molecule has 0 saturated carbocycles. The largest absolute Gasteiger partial charge is 0.461 e. The van der Waals surface area contributed by atoms with E-state index in [9.17, 15) is 9.59 Å². The molecule has 4 nitrogen and oxygen atoms in total. The molecule has 4 heteroatoms. The Bertz CT molecular complexity index is 189. The summed E-state index contributed by atoms with van der Waals surface area (Å²) < 4.78 is 8.90. The van der Waals surface area contributed by atoms with Gasteiger partial charge in [0.15, 0.2) is 0 Å². The van der Waals surface area contributed by atoms with Gasteiger partial charge in [-0.3, -0.25) is 0 Å². The molecule has 0 fully saturated rings. The molecule has 0 rings (SSSR count). The van der Waals surface area contributed by atoms with Gasteiger partial charge in [0.25, 0.3) is 0 Å². The third-order valence-corrected chi connectivity index (χ3v) is 2.08. The van der Waals surface area contributed by atoms with Crippen LogP contribution in [0.5, 0.6) is 0 Å². The van der Waals surface area contributed by atoms with Crippen LogP contribution in [0.4, 0.5) is 0 Å². The zero-order chi connectivity index (χ0) is 11.5. The predicted octanol–water partition coefficient (Wildman–Crippen LogP) is 2.06. The number of unbranched alkanes of at least 4 members (excludes halogenated alkanes) is 5. The highest BCUT2D eigenvalue weighted by Gasteiger charge is 2.14. The molecular formula is C11H20O4. The van der Waals surface area contributed by atoms with Crippen molar-refractivity contribution in [1.82, 2.24) is 0 Å². The maximum atomic E-state index is 10.8. The Kier molecular flexibility index (Phi) is 8.82. The van der Waals surface area contributed by atoms with Crippen LogP contribution < -0.4 is 0 Å². The normalized spacial score (nSPS) is 9.73. The van der Waals surface area contributed by atoms with Crippen LogP contribution in [-0.2, 0) is 19.1 Å². The lowest BCUT2D eigenvalue weighted by Gasteiger charge is -2.02. The summed E-state index contributed by atoms with van der Waals surface area (Å²) in [4.78, 5) is 21.4. The van der Waals surface area contributed by atoms with Gasteiger partial charge in [0.05, 0.1) is 13.7 Å². The van der Waals surface area contributed by atoms with Crippen molar-refractivity contribution in [3.63, 3.8) is 0 Å². The molecule has 15 heavy (non-hydrogen) atoms. The van der Waals surface area contributed by atoms with Gasteiger partial charge >= 0.3 is 11.9 Å². The van der Waals surface area contributed by atoms with E-state index in [0.717, 1.165) is 26.4 Å². The number of carbonyl (C=O) groups is 2. The van der Waals surface area contributed by atoms with Crippen molar-refractivity contribution in [2.75, 3.05) is 13.7 Å². The molecular weight excluding hydrogens is 196 g/mol. The summed E-state index contributed by atoms with van der Waals surface area (Å²) in [5.74, 6) is -1.83. The van der Waals surface area contributed by atoms with Gasteiger partial charge in [0.1, 0.15) is 0 Å². The van der Waals surface area contributed by atoms with Crippen molar-refractivity contribution in [1.29, 1.82) is 0 Å². The molecule has 0 aliphatic carbocycles. The smallest absolute Gasteiger partial charge is 0.417 e. The highest BCUT2D eigenvalue weighted by atomic mass is 16.6. The highest BCUT2D eigenvalue weighted by Crippen LogP contribution is 2.04. The standard InChI is InChI=1S/C11H20O4/c1-3-4-5-6-7-8-9-15-11(13)10(12)14-2/h3-9H2,1-2H3. The summed E-state index contributed by atoms with van der Waals surface area (Å²) in [6, 6.07) is 0. The fourth-order valence-electron chi connectivity index (χ4n) is 1.19. The first-order valence-electron chi connectivity index (χ1n) is 5.47. The van der Waals surface area contributed by atoms with Gasteiger partial charge in [-0.25, -0.2) is 9.59 Å². The Morgan fingerprint density at radius 2 is 1.53 bits per heavy atom. The summed E-state index contributed by atoms with van der Waals surface area (Å²) in [6.45, 7) is 2.47. The first kappa shape index (κ1) is 13.9. The van der Waals surface area contributed by atoms with Gasteiger partial charge in [-0.1, -0.05) is 39.0 Å². The Hall–Kier alpha value is -1.06. The van der Waals surface area contributed by atoms with E-state index in [-0.39, 0.29) is 0 Å². The lowest BCUT2D eigenvalue weighted by Crippen LogP contribution is -2.19. The first-order chi connectivity index (χ1) is 7.22. The number of hydrogen-bond donors (Lipinski definition) is 0. The van der Waals surface area contributed by atoms with Gasteiger partial charge < -0.3 is 9.47 Å². The number of hydrogen-bond acceptors (Lipinski definition) is 4. The van der Waals surface area contributed by atoms with E-state index in [0.29, 0.717) is 6.61 Å². The topological polar surface area (TPSA) is 52.6 Å². The Balaban J connectivity index is 3.24. The molecule has 0 spiro atoms. The molecule has 0 bridgehead atoms. The van der Waals surface area contributed by atoms with Crippen molar-refractivity contribution < 1.29 is 19.1 Å². The maximum Gasteiger partial charge on any atom is 0.417 e. The van der Waals surface area contributed by atoms with E-state index >= 15 is 0 Å². The fourth-order valence-corrected chi connectivity index (χ4v) is 1.19. The lowest BCUT2D eigenvalue weighted by molar-refractivity contribution is -0.165. The fraction of sp³-hybridized carbons (Fsp3) is 0.818. The second-order valence-electron chi connectivity index (χ2n) is 3.40. The highest BCUT2D eigenvalue weighted by molar-refractivity contribution is 6.29. The van der Waals surface area contributed by atoms with Crippen LogP contribution in [0.1, 0.15) is 45.4 Å². The van der Waals surface area contributed by atoms with E-state index in [2.05, 4.69) is 16.4 Å². The molecule has 0 N–H and O–H groups in total. The Morgan fingerprint density at radius 3 is 2.13 bits per heavy atom. The predicted molar refractivity (Wildman–Crippen MR) is 56.4 cm³/mol. The number of esters is 2. The van der Waals surface area contributed by atoms with Crippen LogP contribution in [0.15, 0.2) is 0 Å². The van der Waals surface area contributed by atoms with Gasteiger partial charge in [-0.2, -0.15) is 0 Å². The van der Waals surface area contributed by atoms with Gasteiger partial charge in [0.2, 0.25) is 0 Å². The third kappa shape index (κ3) is 7.97. The van der Waals surface area contributed by atoms with Crippen LogP contribution in [-0.4, -0.2) is 25.7 Å². The molecule has 0 aromatic heterocycles. The van der Waals surface area contributed by atoms with Crippen molar-refractivity contribution >= 4 is 11.9 Å². The number of carbonyl (C=O) groups excluding carboxylic acids is 2.